The van der Waals surface area contributed by atoms with Crippen LogP contribution in [0.25, 0.3) is 0 Å². The number of rotatable bonds is 5. The van der Waals surface area contributed by atoms with Crippen LogP contribution in [0.4, 0.5) is 0 Å². The van der Waals surface area contributed by atoms with Gasteiger partial charge in [-0.1, -0.05) is 6.42 Å². The Morgan fingerprint density at radius 3 is 2.50 bits per heavy atom. The van der Waals surface area contributed by atoms with Crippen molar-refractivity contribution in [2.24, 2.45) is 11.3 Å². The Morgan fingerprint density at radius 2 is 2.00 bits per heavy atom. The summed E-state index contributed by atoms with van der Waals surface area (Å²) in [5.74, 6) is 0.227. The molecule has 2 fully saturated rings. The Balaban J connectivity index is 1.63. The van der Waals surface area contributed by atoms with Crippen molar-refractivity contribution in [3.05, 3.63) is 0 Å². The highest BCUT2D eigenvalue weighted by atomic mass is 16.5. The van der Waals surface area contributed by atoms with Crippen LogP contribution in [0.5, 0.6) is 0 Å². The Hall–Kier alpha value is -0.860. The number of carbonyl (C=O) groups is 2. The summed E-state index contributed by atoms with van der Waals surface area (Å²) in [6.45, 7) is 2.12. The van der Waals surface area contributed by atoms with Gasteiger partial charge in [-0.2, -0.15) is 0 Å². The average Bonchev–Trinajstić information content (AvgIpc) is 2.07. The van der Waals surface area contributed by atoms with Crippen LogP contribution in [0, 0.1) is 11.3 Å². The van der Waals surface area contributed by atoms with Crippen LogP contribution in [-0.4, -0.2) is 18.4 Å². The molecule has 16 heavy (non-hydrogen) atoms. The first-order valence-corrected chi connectivity index (χ1v) is 6.31. The van der Waals surface area contributed by atoms with Crippen LogP contribution in [0.2, 0.25) is 0 Å². The third kappa shape index (κ3) is 2.45. The molecule has 0 aromatic carbocycles. The average molecular weight is 224 g/mol. The molecule has 2 aliphatic carbocycles. The van der Waals surface area contributed by atoms with E-state index in [-0.39, 0.29) is 18.2 Å². The fourth-order valence-electron chi connectivity index (χ4n) is 3.16. The van der Waals surface area contributed by atoms with Gasteiger partial charge in [0.25, 0.3) is 0 Å². The number of hydrogen-bond acceptors (Lipinski definition) is 3. The highest BCUT2D eigenvalue weighted by molar-refractivity contribution is 5.95. The molecule has 0 saturated heterocycles. The van der Waals surface area contributed by atoms with Crippen molar-refractivity contribution < 1.29 is 14.3 Å². The number of esters is 1. The normalized spacial score (nSPS) is 22.3. The molecule has 0 atom stereocenters. The van der Waals surface area contributed by atoms with Gasteiger partial charge < -0.3 is 4.74 Å². The molecule has 0 heterocycles. The van der Waals surface area contributed by atoms with E-state index in [0.29, 0.717) is 24.4 Å². The third-order valence-corrected chi connectivity index (χ3v) is 4.02. The molecule has 2 rings (SSSR count). The molecular weight excluding hydrogens is 204 g/mol. The fourth-order valence-corrected chi connectivity index (χ4v) is 3.16. The highest BCUT2D eigenvalue weighted by Crippen LogP contribution is 2.59. The van der Waals surface area contributed by atoms with Gasteiger partial charge in [0.1, 0.15) is 12.2 Å². The standard InChI is InChI=1S/C13H20O3/c1-2-16-12(15)7-11(14)6-10-8-13(9-10)4-3-5-13/h10H,2-9H2,1H3. The van der Waals surface area contributed by atoms with E-state index < -0.39 is 0 Å². The summed E-state index contributed by atoms with van der Waals surface area (Å²) >= 11 is 0. The van der Waals surface area contributed by atoms with Crippen LogP contribution in [0.3, 0.4) is 0 Å². The summed E-state index contributed by atoms with van der Waals surface area (Å²) in [5.41, 5.74) is 0.620. The molecule has 0 aromatic heterocycles. The maximum absolute atomic E-state index is 11.5. The van der Waals surface area contributed by atoms with Gasteiger partial charge in [0.05, 0.1) is 6.61 Å². The van der Waals surface area contributed by atoms with Crippen molar-refractivity contribution in [1.82, 2.24) is 0 Å². The lowest BCUT2D eigenvalue weighted by atomic mass is 9.51. The maximum atomic E-state index is 11.5. The summed E-state index contributed by atoms with van der Waals surface area (Å²) in [6, 6.07) is 0. The van der Waals surface area contributed by atoms with E-state index in [1.165, 1.54) is 32.1 Å². The van der Waals surface area contributed by atoms with Crippen molar-refractivity contribution in [3.63, 3.8) is 0 Å². The predicted molar refractivity (Wildman–Crippen MR) is 59.9 cm³/mol. The summed E-state index contributed by atoms with van der Waals surface area (Å²) < 4.78 is 4.76. The van der Waals surface area contributed by atoms with Gasteiger partial charge in [0.15, 0.2) is 0 Å². The van der Waals surface area contributed by atoms with E-state index in [0.717, 1.165) is 0 Å². The molecule has 0 N–H and O–H groups in total. The Labute approximate surface area is 96.5 Å². The van der Waals surface area contributed by atoms with Crippen molar-refractivity contribution in [2.45, 2.75) is 51.9 Å². The minimum Gasteiger partial charge on any atom is -0.466 e. The first-order valence-electron chi connectivity index (χ1n) is 6.31. The molecule has 0 unspecified atom stereocenters. The van der Waals surface area contributed by atoms with Crippen molar-refractivity contribution in [1.29, 1.82) is 0 Å². The molecule has 0 bridgehead atoms. The van der Waals surface area contributed by atoms with Crippen LogP contribution in [0.1, 0.15) is 51.9 Å². The smallest absolute Gasteiger partial charge is 0.313 e. The largest absolute Gasteiger partial charge is 0.466 e. The molecule has 90 valence electrons. The zero-order chi connectivity index (χ0) is 11.6. The summed E-state index contributed by atoms with van der Waals surface area (Å²) in [5, 5.41) is 0. The first kappa shape index (κ1) is 11.6. The molecule has 3 nitrogen and oxygen atoms in total. The minimum atomic E-state index is -0.370. The summed E-state index contributed by atoms with van der Waals surface area (Å²) in [4.78, 5) is 22.6. The summed E-state index contributed by atoms with van der Waals surface area (Å²) in [6.07, 6.45) is 7.05. The summed E-state index contributed by atoms with van der Waals surface area (Å²) in [7, 11) is 0. The Kier molecular flexibility index (Phi) is 3.31. The van der Waals surface area contributed by atoms with Crippen molar-refractivity contribution in [2.75, 3.05) is 6.61 Å². The van der Waals surface area contributed by atoms with Crippen molar-refractivity contribution in [3.8, 4) is 0 Å². The number of hydrogen-bond donors (Lipinski definition) is 0. The quantitative estimate of drug-likeness (QED) is 0.532. The van der Waals surface area contributed by atoms with Crippen LogP contribution >= 0.6 is 0 Å². The van der Waals surface area contributed by atoms with E-state index in [9.17, 15) is 9.59 Å². The zero-order valence-electron chi connectivity index (χ0n) is 9.96. The second-order valence-electron chi connectivity index (χ2n) is 5.35. The monoisotopic (exact) mass is 224 g/mol. The molecule has 3 heteroatoms. The highest BCUT2D eigenvalue weighted by Gasteiger charge is 2.48. The lowest BCUT2D eigenvalue weighted by Gasteiger charge is -2.54. The molecule has 0 aromatic rings. The second kappa shape index (κ2) is 4.56. The lowest BCUT2D eigenvalue weighted by molar-refractivity contribution is -0.146. The topological polar surface area (TPSA) is 43.4 Å². The molecular formula is C13H20O3. The van der Waals surface area contributed by atoms with E-state index in [1.54, 1.807) is 6.92 Å². The predicted octanol–water partition coefficient (Wildman–Crippen LogP) is 2.48. The van der Waals surface area contributed by atoms with Crippen LogP contribution in [0.15, 0.2) is 0 Å². The van der Waals surface area contributed by atoms with E-state index in [4.69, 9.17) is 4.74 Å². The zero-order valence-corrected chi connectivity index (χ0v) is 9.96. The van der Waals surface area contributed by atoms with Crippen LogP contribution < -0.4 is 0 Å². The van der Waals surface area contributed by atoms with Gasteiger partial charge >= 0.3 is 5.97 Å². The molecule has 0 radical (unpaired) electrons. The molecule has 0 aliphatic heterocycles. The number of carbonyl (C=O) groups excluding carboxylic acids is 2. The van der Waals surface area contributed by atoms with Gasteiger partial charge in [0, 0.05) is 6.42 Å². The molecule has 2 saturated carbocycles. The van der Waals surface area contributed by atoms with Gasteiger partial charge in [-0.05, 0) is 43.9 Å². The van der Waals surface area contributed by atoms with Crippen LogP contribution in [-0.2, 0) is 14.3 Å². The van der Waals surface area contributed by atoms with E-state index in [2.05, 4.69) is 0 Å². The molecule has 0 amide bonds. The fraction of sp³-hybridized carbons (Fsp3) is 0.846. The van der Waals surface area contributed by atoms with Gasteiger partial charge in [0.2, 0.25) is 0 Å². The van der Waals surface area contributed by atoms with Crippen molar-refractivity contribution >= 4 is 11.8 Å². The molecule has 2 aliphatic rings. The maximum Gasteiger partial charge on any atom is 0.313 e. The molecule has 1 spiro atoms. The Morgan fingerprint density at radius 1 is 1.31 bits per heavy atom. The van der Waals surface area contributed by atoms with E-state index in [1.807, 2.05) is 0 Å². The van der Waals surface area contributed by atoms with Gasteiger partial charge in [-0.15, -0.1) is 0 Å². The first-order chi connectivity index (χ1) is 7.63. The Bertz CT molecular complexity index is 284. The van der Waals surface area contributed by atoms with E-state index >= 15 is 0 Å². The lowest BCUT2D eigenvalue weighted by Crippen LogP contribution is -2.43. The second-order valence-corrected chi connectivity index (χ2v) is 5.35. The number of ether oxygens (including phenoxy) is 1. The SMILES string of the molecule is CCOC(=O)CC(=O)CC1CC2(CCC2)C1. The van der Waals surface area contributed by atoms with Gasteiger partial charge in [-0.25, -0.2) is 0 Å². The number of Topliss-reactive ketones (excluding diaryl/α,β-unsaturated/α-hetero) is 1. The third-order valence-electron chi connectivity index (χ3n) is 4.02. The minimum absolute atomic E-state index is 0.0304. The van der Waals surface area contributed by atoms with Gasteiger partial charge in [-0.3, -0.25) is 9.59 Å². The number of ketones is 1.